The highest BCUT2D eigenvalue weighted by molar-refractivity contribution is 5.99. The Balaban J connectivity index is 1.35. The van der Waals surface area contributed by atoms with Crippen molar-refractivity contribution in [2.24, 2.45) is 0 Å². The molecule has 8 heteroatoms. The number of nitrogens with one attached hydrogen (secondary N) is 4. The lowest BCUT2D eigenvalue weighted by Gasteiger charge is -2.23. The molecule has 33 heavy (non-hydrogen) atoms. The highest BCUT2D eigenvalue weighted by Gasteiger charge is 2.15. The Morgan fingerprint density at radius 1 is 0.879 bits per heavy atom. The third-order valence-corrected chi connectivity index (χ3v) is 5.64. The summed E-state index contributed by atoms with van der Waals surface area (Å²) in [5.74, 6) is 0.993. The maximum absolute atomic E-state index is 13.7. The van der Waals surface area contributed by atoms with Crippen LogP contribution in [0.5, 0.6) is 0 Å². The molecular formula is C25H29FN6O. The Hall–Kier alpha value is -3.68. The minimum Gasteiger partial charge on any atom is -0.351 e. The standard InChI is InChI=1S/C25H29FN6O/c1-16-8-9-21(15-22(16)26)31-25(33)30-20-12-10-19(11-13-20)28-23-14-17(2)27-24(32-23)29-18-6-4-3-5-7-18/h8-15,18H,3-7H2,1-2H3,(H2,30,31,33)(H2,27,28,29,32). The van der Waals surface area contributed by atoms with Crippen molar-refractivity contribution in [3.05, 3.63) is 65.6 Å². The number of anilines is 5. The summed E-state index contributed by atoms with van der Waals surface area (Å²) in [5.41, 5.74) is 3.26. The molecular weight excluding hydrogens is 419 g/mol. The van der Waals surface area contributed by atoms with E-state index in [4.69, 9.17) is 0 Å². The van der Waals surface area contributed by atoms with Crippen molar-refractivity contribution in [1.82, 2.24) is 9.97 Å². The predicted octanol–water partition coefficient (Wildman–Crippen LogP) is 6.36. The number of benzene rings is 2. The van der Waals surface area contributed by atoms with Crippen LogP contribution in [-0.2, 0) is 0 Å². The van der Waals surface area contributed by atoms with Gasteiger partial charge < -0.3 is 21.3 Å². The Morgan fingerprint density at radius 2 is 1.55 bits per heavy atom. The van der Waals surface area contributed by atoms with Gasteiger partial charge in [0.05, 0.1) is 0 Å². The summed E-state index contributed by atoms with van der Waals surface area (Å²) in [4.78, 5) is 21.3. The molecule has 0 bridgehead atoms. The van der Waals surface area contributed by atoms with Crippen LogP contribution in [0.15, 0.2) is 48.5 Å². The molecule has 4 rings (SSSR count). The predicted molar refractivity (Wildman–Crippen MR) is 131 cm³/mol. The number of urea groups is 1. The number of aromatic nitrogens is 2. The molecule has 1 fully saturated rings. The fourth-order valence-corrected chi connectivity index (χ4v) is 3.88. The number of amides is 2. The minimum absolute atomic E-state index is 0.361. The average Bonchev–Trinajstić information content (AvgIpc) is 2.78. The van der Waals surface area contributed by atoms with Crippen LogP contribution in [-0.4, -0.2) is 22.0 Å². The first-order chi connectivity index (χ1) is 15.9. The van der Waals surface area contributed by atoms with Crippen LogP contribution in [0.25, 0.3) is 0 Å². The van der Waals surface area contributed by atoms with Crippen molar-refractivity contribution in [3.8, 4) is 0 Å². The van der Waals surface area contributed by atoms with Crippen molar-refractivity contribution >= 4 is 34.9 Å². The van der Waals surface area contributed by atoms with E-state index in [1.165, 1.54) is 25.3 Å². The normalized spacial score (nSPS) is 13.9. The lowest BCUT2D eigenvalue weighted by atomic mass is 9.96. The van der Waals surface area contributed by atoms with Crippen LogP contribution < -0.4 is 21.3 Å². The van der Waals surface area contributed by atoms with Crippen molar-refractivity contribution in [3.63, 3.8) is 0 Å². The van der Waals surface area contributed by atoms with E-state index in [0.29, 0.717) is 34.7 Å². The first-order valence-corrected chi connectivity index (χ1v) is 11.3. The van der Waals surface area contributed by atoms with Gasteiger partial charge in [-0.1, -0.05) is 25.3 Å². The Bertz CT molecular complexity index is 1110. The lowest BCUT2D eigenvalue weighted by molar-refractivity contribution is 0.262. The summed E-state index contributed by atoms with van der Waals surface area (Å²) < 4.78 is 13.7. The van der Waals surface area contributed by atoms with E-state index in [1.807, 2.05) is 25.1 Å². The summed E-state index contributed by atoms with van der Waals surface area (Å²) in [5, 5.41) is 12.1. The number of hydrogen-bond donors (Lipinski definition) is 4. The topological polar surface area (TPSA) is 91.0 Å². The van der Waals surface area contributed by atoms with E-state index in [1.54, 1.807) is 31.2 Å². The number of aryl methyl sites for hydroxylation is 2. The molecule has 1 aliphatic carbocycles. The molecule has 0 aliphatic heterocycles. The van der Waals surface area contributed by atoms with E-state index in [9.17, 15) is 9.18 Å². The first kappa shape index (κ1) is 22.5. The summed E-state index contributed by atoms with van der Waals surface area (Å²) >= 11 is 0. The average molecular weight is 449 g/mol. The van der Waals surface area contributed by atoms with Crippen molar-refractivity contribution in [2.75, 3.05) is 21.3 Å². The zero-order valence-corrected chi connectivity index (χ0v) is 18.9. The third-order valence-electron chi connectivity index (χ3n) is 5.64. The van der Waals surface area contributed by atoms with Crippen LogP contribution in [0.1, 0.15) is 43.4 Å². The van der Waals surface area contributed by atoms with Crippen LogP contribution in [0, 0.1) is 19.7 Å². The van der Waals surface area contributed by atoms with Crippen LogP contribution in [0.2, 0.25) is 0 Å². The van der Waals surface area contributed by atoms with Gasteiger partial charge in [-0.2, -0.15) is 4.98 Å². The molecule has 2 aromatic carbocycles. The van der Waals surface area contributed by atoms with Gasteiger partial charge in [0.15, 0.2) is 0 Å². The maximum atomic E-state index is 13.7. The Morgan fingerprint density at radius 3 is 2.27 bits per heavy atom. The molecule has 1 saturated carbocycles. The monoisotopic (exact) mass is 448 g/mol. The summed E-state index contributed by atoms with van der Waals surface area (Å²) in [7, 11) is 0. The van der Waals surface area contributed by atoms with Crippen LogP contribution >= 0.6 is 0 Å². The molecule has 1 heterocycles. The second-order valence-corrected chi connectivity index (χ2v) is 8.44. The second-order valence-electron chi connectivity index (χ2n) is 8.44. The Kier molecular flexibility index (Phi) is 7.02. The number of carbonyl (C=O) groups is 1. The van der Waals surface area contributed by atoms with Gasteiger partial charge in [0.2, 0.25) is 5.95 Å². The molecule has 0 saturated heterocycles. The molecule has 2 amide bonds. The zero-order valence-electron chi connectivity index (χ0n) is 18.9. The van der Waals surface area contributed by atoms with E-state index >= 15 is 0 Å². The SMILES string of the molecule is Cc1cc(Nc2ccc(NC(=O)Nc3ccc(C)c(F)c3)cc2)nc(NC2CCCCC2)n1. The number of carbonyl (C=O) groups excluding carboxylic acids is 1. The fourth-order valence-electron chi connectivity index (χ4n) is 3.88. The molecule has 3 aromatic rings. The number of hydrogen-bond acceptors (Lipinski definition) is 5. The van der Waals surface area contributed by atoms with Gasteiger partial charge in [-0.05, 0) is 68.7 Å². The van der Waals surface area contributed by atoms with Crippen LogP contribution in [0.3, 0.4) is 0 Å². The third kappa shape index (κ3) is 6.41. The number of rotatable bonds is 6. The van der Waals surface area contributed by atoms with Gasteiger partial charge in [0.1, 0.15) is 11.6 Å². The molecule has 0 radical (unpaired) electrons. The van der Waals surface area contributed by atoms with Crippen molar-refractivity contribution in [2.45, 2.75) is 52.0 Å². The van der Waals surface area contributed by atoms with Gasteiger partial charge in [-0.25, -0.2) is 14.2 Å². The summed E-state index contributed by atoms with van der Waals surface area (Å²) in [6.45, 7) is 3.62. The smallest absolute Gasteiger partial charge is 0.323 e. The second kappa shape index (κ2) is 10.3. The molecule has 1 aliphatic rings. The maximum Gasteiger partial charge on any atom is 0.323 e. The fraction of sp³-hybridized carbons (Fsp3) is 0.320. The zero-order chi connectivity index (χ0) is 23.2. The van der Waals surface area contributed by atoms with Gasteiger partial charge in [-0.3, -0.25) is 0 Å². The molecule has 1 aromatic heterocycles. The number of nitrogens with zero attached hydrogens (tertiary/aromatic N) is 2. The first-order valence-electron chi connectivity index (χ1n) is 11.3. The van der Waals surface area contributed by atoms with E-state index in [0.717, 1.165) is 24.2 Å². The van der Waals surface area contributed by atoms with Gasteiger partial charge in [0.25, 0.3) is 0 Å². The van der Waals surface area contributed by atoms with Gasteiger partial charge in [-0.15, -0.1) is 0 Å². The lowest BCUT2D eigenvalue weighted by Crippen LogP contribution is -2.23. The van der Waals surface area contributed by atoms with E-state index in [-0.39, 0.29) is 5.82 Å². The molecule has 7 nitrogen and oxygen atoms in total. The van der Waals surface area contributed by atoms with E-state index < -0.39 is 6.03 Å². The molecule has 4 N–H and O–H groups in total. The highest BCUT2D eigenvalue weighted by Crippen LogP contribution is 2.23. The molecule has 0 atom stereocenters. The number of halogens is 1. The quantitative estimate of drug-likeness (QED) is 0.352. The summed E-state index contributed by atoms with van der Waals surface area (Å²) in [6.07, 6.45) is 6.10. The van der Waals surface area contributed by atoms with Gasteiger partial charge >= 0.3 is 6.03 Å². The molecule has 0 spiro atoms. The van der Waals surface area contributed by atoms with E-state index in [2.05, 4.69) is 31.2 Å². The van der Waals surface area contributed by atoms with Gasteiger partial charge in [0, 0.05) is 34.9 Å². The van der Waals surface area contributed by atoms with Crippen LogP contribution in [0.4, 0.5) is 38.0 Å². The molecule has 0 unspecified atom stereocenters. The summed E-state index contributed by atoms with van der Waals surface area (Å²) in [6, 6.07) is 13.7. The van der Waals surface area contributed by atoms with Crippen molar-refractivity contribution < 1.29 is 9.18 Å². The molecule has 172 valence electrons. The Labute approximate surface area is 193 Å². The largest absolute Gasteiger partial charge is 0.351 e. The highest BCUT2D eigenvalue weighted by atomic mass is 19.1. The minimum atomic E-state index is -0.441. The van der Waals surface area contributed by atoms with Crippen molar-refractivity contribution in [1.29, 1.82) is 0 Å².